The molecule has 4 aromatic rings. The molecule has 2 atom stereocenters. The van der Waals surface area contributed by atoms with E-state index < -0.39 is 41.0 Å². The lowest BCUT2D eigenvalue weighted by atomic mass is 9.77. The number of ether oxygens (including phenoxy) is 2. The first-order valence-corrected chi connectivity index (χ1v) is 18.2. The van der Waals surface area contributed by atoms with Gasteiger partial charge in [-0.15, -0.1) is 23.1 Å². The van der Waals surface area contributed by atoms with E-state index in [4.69, 9.17) is 19.3 Å². The monoisotopic (exact) mass is 725 g/mol. The summed E-state index contributed by atoms with van der Waals surface area (Å²) < 4.78 is 10.9. The molecule has 51 heavy (non-hydrogen) atoms. The maximum Gasteiger partial charge on any atom is 0.356 e. The summed E-state index contributed by atoms with van der Waals surface area (Å²) in [7, 11) is 2.86. The molecule has 2 unspecified atom stereocenters. The van der Waals surface area contributed by atoms with Gasteiger partial charge in [-0.05, 0) is 37.5 Å². The van der Waals surface area contributed by atoms with Gasteiger partial charge in [0.25, 0.3) is 11.8 Å². The van der Waals surface area contributed by atoms with Crippen molar-refractivity contribution in [2.45, 2.75) is 44.0 Å². The van der Waals surface area contributed by atoms with Crippen molar-refractivity contribution in [3.8, 4) is 0 Å². The molecule has 3 heterocycles. The number of hydrogen-bond donors (Lipinski definition) is 2. The zero-order valence-electron chi connectivity index (χ0n) is 28.9. The number of nitrogens with one attached hydrogen (secondary N) is 2. The molecule has 3 aromatic carbocycles. The van der Waals surface area contributed by atoms with E-state index in [9.17, 15) is 14.4 Å². The Morgan fingerprint density at radius 3 is 2.00 bits per heavy atom. The van der Waals surface area contributed by atoms with Crippen molar-refractivity contribution in [2.24, 2.45) is 5.16 Å². The van der Waals surface area contributed by atoms with Crippen LogP contribution in [0, 0.1) is 0 Å². The maximum atomic E-state index is 13.8. The third kappa shape index (κ3) is 7.27. The van der Waals surface area contributed by atoms with Gasteiger partial charge in [-0.25, -0.2) is 9.78 Å². The molecular weight excluding hydrogens is 687 g/mol. The second-order valence-electron chi connectivity index (χ2n) is 12.9. The van der Waals surface area contributed by atoms with Crippen molar-refractivity contribution >= 4 is 51.7 Å². The standard InChI is InChI=1S/C38H39N5O6S2/c1-37(2,3)49-35(46)32-29(21-47-4)50-23-28-31(34(45)43(28)32)40-33(44)30(42-48-5)27-22-51-36(39-27)41-38(24-15-9-6-10-16-24,25-17-11-7-12-18-25)26-19-13-8-14-20-26/h6-20,22,28,31H,21,23H2,1-5H3,(H,39,41)(H,40,44). The minimum absolute atomic E-state index is 0.0933. The zero-order valence-corrected chi connectivity index (χ0v) is 30.5. The van der Waals surface area contributed by atoms with Crippen molar-refractivity contribution in [2.75, 3.05) is 31.9 Å². The molecule has 0 saturated carbocycles. The molecule has 13 heteroatoms. The summed E-state index contributed by atoms with van der Waals surface area (Å²) >= 11 is 2.71. The van der Waals surface area contributed by atoms with Crippen molar-refractivity contribution in [3.63, 3.8) is 0 Å². The van der Waals surface area contributed by atoms with E-state index in [1.165, 1.54) is 42.2 Å². The molecule has 0 spiro atoms. The van der Waals surface area contributed by atoms with Crippen molar-refractivity contribution in [1.29, 1.82) is 0 Å². The van der Waals surface area contributed by atoms with Crippen LogP contribution >= 0.6 is 23.1 Å². The van der Waals surface area contributed by atoms with Crippen LogP contribution < -0.4 is 10.6 Å². The van der Waals surface area contributed by atoms with Crippen LogP contribution in [0.25, 0.3) is 0 Å². The predicted octanol–water partition coefficient (Wildman–Crippen LogP) is 5.54. The van der Waals surface area contributed by atoms with Crippen LogP contribution in [0.5, 0.6) is 0 Å². The van der Waals surface area contributed by atoms with E-state index >= 15 is 0 Å². The maximum absolute atomic E-state index is 13.8. The van der Waals surface area contributed by atoms with Gasteiger partial charge >= 0.3 is 5.97 Å². The van der Waals surface area contributed by atoms with E-state index in [-0.39, 0.29) is 23.7 Å². The first kappa shape index (κ1) is 35.8. The number of thiazole rings is 1. The van der Waals surface area contributed by atoms with Crippen LogP contribution in [0.4, 0.5) is 5.13 Å². The number of oxime groups is 1. The summed E-state index contributed by atoms with van der Waals surface area (Å²) in [5.41, 5.74) is 1.70. The number of esters is 1. The highest BCUT2D eigenvalue weighted by atomic mass is 32.2. The number of fused-ring (bicyclic) bond motifs is 1. The fourth-order valence-electron chi connectivity index (χ4n) is 6.20. The number of nitrogens with zero attached hydrogens (tertiary/aromatic N) is 3. The zero-order chi connectivity index (χ0) is 36.2. The molecule has 1 fully saturated rings. The van der Waals surface area contributed by atoms with E-state index in [0.29, 0.717) is 15.8 Å². The Morgan fingerprint density at radius 1 is 0.922 bits per heavy atom. The van der Waals surface area contributed by atoms with E-state index in [1.54, 1.807) is 26.2 Å². The van der Waals surface area contributed by atoms with E-state index in [0.717, 1.165) is 16.7 Å². The van der Waals surface area contributed by atoms with Gasteiger partial charge in [0.2, 0.25) is 0 Å². The van der Waals surface area contributed by atoms with Crippen molar-refractivity contribution < 1.29 is 28.7 Å². The van der Waals surface area contributed by atoms with Crippen LogP contribution in [0.2, 0.25) is 0 Å². The van der Waals surface area contributed by atoms with Gasteiger partial charge in [0.15, 0.2) is 10.8 Å². The summed E-state index contributed by atoms with van der Waals surface area (Å²) in [5, 5.41) is 12.8. The number of carbonyl (C=O) groups is 3. The quantitative estimate of drug-likeness (QED) is 0.0636. The largest absolute Gasteiger partial charge is 0.455 e. The molecule has 2 amide bonds. The highest BCUT2D eigenvalue weighted by molar-refractivity contribution is 8.03. The van der Waals surface area contributed by atoms with Gasteiger partial charge in [0, 0.05) is 23.1 Å². The number of thioether (sulfide) groups is 1. The molecule has 264 valence electrons. The lowest BCUT2D eigenvalue weighted by molar-refractivity contribution is -0.160. The fraction of sp³-hybridized carbons (Fsp3) is 0.289. The van der Waals surface area contributed by atoms with Crippen LogP contribution in [0.15, 0.2) is 112 Å². The van der Waals surface area contributed by atoms with Crippen LogP contribution in [0.3, 0.4) is 0 Å². The molecule has 0 bridgehead atoms. The second kappa shape index (κ2) is 15.1. The molecule has 0 radical (unpaired) electrons. The molecule has 1 aromatic heterocycles. The third-order valence-corrected chi connectivity index (χ3v) is 10.3. The number of anilines is 1. The average Bonchev–Trinajstić information content (AvgIpc) is 3.60. The summed E-state index contributed by atoms with van der Waals surface area (Å²) in [6.45, 7) is 5.43. The van der Waals surface area contributed by atoms with Gasteiger partial charge in [-0.1, -0.05) is 96.2 Å². The summed E-state index contributed by atoms with van der Waals surface area (Å²) in [6, 6.07) is 28.9. The van der Waals surface area contributed by atoms with Crippen LogP contribution in [0.1, 0.15) is 43.2 Å². The number of amides is 2. The fourth-order valence-corrected chi connectivity index (χ4v) is 8.19. The average molecular weight is 726 g/mol. The summed E-state index contributed by atoms with van der Waals surface area (Å²) in [5.74, 6) is -1.24. The first-order chi connectivity index (χ1) is 24.6. The van der Waals surface area contributed by atoms with Crippen molar-refractivity contribution in [1.82, 2.24) is 15.2 Å². The normalized spacial score (nSPS) is 17.7. The number of aromatic nitrogens is 1. The van der Waals surface area contributed by atoms with Crippen LogP contribution in [-0.2, 0) is 34.2 Å². The number of hydrogen-bond acceptors (Lipinski definition) is 11. The third-order valence-electron chi connectivity index (χ3n) is 8.37. The smallest absolute Gasteiger partial charge is 0.356 e. The Kier molecular flexibility index (Phi) is 10.6. The van der Waals surface area contributed by atoms with Gasteiger partial charge in [-0.2, -0.15) is 0 Å². The topological polar surface area (TPSA) is 131 Å². The second-order valence-corrected chi connectivity index (χ2v) is 14.9. The number of methoxy groups -OCH3 is 1. The number of carbonyl (C=O) groups excluding carboxylic acids is 3. The Bertz CT molecular complexity index is 1850. The van der Waals surface area contributed by atoms with Crippen molar-refractivity contribution in [3.05, 3.63) is 129 Å². The Balaban J connectivity index is 1.27. The molecule has 0 aliphatic carbocycles. The summed E-state index contributed by atoms with van der Waals surface area (Å²) in [6.07, 6.45) is 0. The molecule has 2 N–H and O–H groups in total. The minimum Gasteiger partial charge on any atom is -0.455 e. The molecule has 1 saturated heterocycles. The molecule has 11 nitrogen and oxygen atoms in total. The molecular formula is C38H39N5O6S2. The predicted molar refractivity (Wildman–Crippen MR) is 198 cm³/mol. The van der Waals surface area contributed by atoms with Crippen LogP contribution in [-0.4, -0.2) is 77.6 Å². The lowest BCUT2D eigenvalue weighted by Gasteiger charge is -2.50. The molecule has 2 aliphatic heterocycles. The highest BCUT2D eigenvalue weighted by Gasteiger charge is 2.54. The number of rotatable bonds is 12. The number of β-lactam (4-membered cyclic amide) rings is 1. The Morgan fingerprint density at radius 2 is 1.49 bits per heavy atom. The SMILES string of the molecule is COCC1=C(C(=O)OC(C)(C)C)N2C(=O)C(NC(=O)C(=NOC)c3csc(NC(c4ccccc4)(c4ccccc4)c4ccccc4)n3)C2CS1. The van der Waals surface area contributed by atoms with Gasteiger partial charge < -0.3 is 24.9 Å². The van der Waals surface area contributed by atoms with E-state index in [2.05, 4.69) is 52.2 Å². The first-order valence-electron chi connectivity index (χ1n) is 16.3. The Hall–Kier alpha value is -4.98. The highest BCUT2D eigenvalue weighted by Crippen LogP contribution is 2.42. The van der Waals surface area contributed by atoms with Gasteiger partial charge in [0.1, 0.15) is 35.7 Å². The summed E-state index contributed by atoms with van der Waals surface area (Å²) in [4.78, 5) is 52.5. The molecule has 2 aliphatic rings. The van der Waals surface area contributed by atoms with E-state index in [1.807, 2.05) is 54.6 Å². The molecule has 6 rings (SSSR count). The minimum atomic E-state index is -0.897. The lowest BCUT2D eigenvalue weighted by Crippen LogP contribution is -2.73. The Labute approximate surface area is 305 Å². The van der Waals surface area contributed by atoms with Gasteiger partial charge in [0.05, 0.1) is 12.6 Å². The number of benzene rings is 3. The van der Waals surface area contributed by atoms with Gasteiger partial charge in [-0.3, -0.25) is 14.5 Å².